The van der Waals surface area contributed by atoms with E-state index in [1.807, 2.05) is 0 Å². The third-order valence-corrected chi connectivity index (χ3v) is 9.55. The average Bonchev–Trinajstić information content (AvgIpc) is 3.09. The number of fused-ring (bicyclic) bond motifs is 5. The van der Waals surface area contributed by atoms with Crippen molar-refractivity contribution < 1.29 is 20.1 Å². The molecule has 0 aromatic heterocycles. The molecule has 1 unspecified atom stereocenters. The van der Waals surface area contributed by atoms with Gasteiger partial charge in [0.2, 0.25) is 0 Å². The molecule has 2 saturated carbocycles. The minimum atomic E-state index is -0.487. The van der Waals surface area contributed by atoms with Gasteiger partial charge in [0.25, 0.3) is 0 Å². The summed E-state index contributed by atoms with van der Waals surface area (Å²) in [5.74, 6) is 1.04. The Hall–Kier alpha value is -0.940. The van der Waals surface area contributed by atoms with Crippen LogP contribution in [-0.4, -0.2) is 46.3 Å². The van der Waals surface area contributed by atoms with Gasteiger partial charge in [-0.2, -0.15) is 0 Å². The molecule has 0 aromatic carbocycles. The molecule has 0 radical (unpaired) electrons. The summed E-state index contributed by atoms with van der Waals surface area (Å²) in [6.45, 7) is 11.3. The second kappa shape index (κ2) is 8.44. The SMILES string of the molecule is CCC(C)[C@H](O)CO[C@@H](C)C1=CC[C@H]2C3=CC=C4C[C@@H](O)C[C@H](O)[C@]4(C)[C@H]3CC[C@]12C. The first-order chi connectivity index (χ1) is 14.6. The monoisotopic (exact) mass is 430 g/mol. The second-order valence-corrected chi connectivity index (χ2v) is 11.1. The molecule has 4 aliphatic carbocycles. The topological polar surface area (TPSA) is 69.9 Å². The number of rotatable bonds is 6. The molecule has 3 N–H and O–H groups in total. The fraction of sp³-hybridized carbons (Fsp3) is 0.778. The van der Waals surface area contributed by atoms with E-state index in [4.69, 9.17) is 4.74 Å². The highest BCUT2D eigenvalue weighted by Crippen LogP contribution is 2.64. The van der Waals surface area contributed by atoms with Crippen LogP contribution in [0.3, 0.4) is 0 Å². The Morgan fingerprint density at radius 1 is 1.16 bits per heavy atom. The molecule has 0 saturated heterocycles. The molecule has 0 heterocycles. The summed E-state index contributed by atoms with van der Waals surface area (Å²) >= 11 is 0. The molecular weight excluding hydrogens is 388 g/mol. The van der Waals surface area contributed by atoms with Crippen molar-refractivity contribution in [2.75, 3.05) is 6.61 Å². The van der Waals surface area contributed by atoms with Gasteiger partial charge in [-0.05, 0) is 61.3 Å². The van der Waals surface area contributed by atoms with Crippen LogP contribution in [-0.2, 0) is 4.74 Å². The Balaban J connectivity index is 1.53. The maximum Gasteiger partial charge on any atom is 0.0799 e. The number of allylic oxidation sites excluding steroid dienone is 4. The summed E-state index contributed by atoms with van der Waals surface area (Å²) in [6.07, 6.45) is 10.8. The van der Waals surface area contributed by atoms with Crippen molar-refractivity contribution in [3.05, 3.63) is 34.9 Å². The van der Waals surface area contributed by atoms with E-state index in [2.05, 4.69) is 52.8 Å². The minimum Gasteiger partial charge on any atom is -0.393 e. The fourth-order valence-electron chi connectivity index (χ4n) is 7.07. The molecule has 9 atom stereocenters. The molecule has 174 valence electrons. The van der Waals surface area contributed by atoms with Crippen molar-refractivity contribution in [2.24, 2.45) is 28.6 Å². The highest BCUT2D eigenvalue weighted by Gasteiger charge is 2.57. The summed E-state index contributed by atoms with van der Waals surface area (Å²) in [7, 11) is 0. The quantitative estimate of drug-likeness (QED) is 0.541. The Morgan fingerprint density at radius 3 is 2.61 bits per heavy atom. The number of aliphatic hydroxyl groups excluding tert-OH is 3. The lowest BCUT2D eigenvalue weighted by molar-refractivity contribution is -0.0516. The molecule has 0 aliphatic heterocycles. The third kappa shape index (κ3) is 3.68. The molecule has 4 heteroatoms. The zero-order chi connectivity index (χ0) is 22.6. The van der Waals surface area contributed by atoms with Gasteiger partial charge >= 0.3 is 0 Å². The maximum absolute atomic E-state index is 11.0. The van der Waals surface area contributed by atoms with E-state index in [-0.39, 0.29) is 22.9 Å². The lowest BCUT2D eigenvalue weighted by atomic mass is 9.49. The van der Waals surface area contributed by atoms with Gasteiger partial charge in [-0.15, -0.1) is 0 Å². The van der Waals surface area contributed by atoms with E-state index >= 15 is 0 Å². The van der Waals surface area contributed by atoms with Crippen LogP contribution in [0.5, 0.6) is 0 Å². The summed E-state index contributed by atoms with van der Waals surface area (Å²) in [4.78, 5) is 0. The number of ether oxygens (including phenoxy) is 1. The van der Waals surface area contributed by atoms with Gasteiger partial charge in [0.15, 0.2) is 0 Å². The van der Waals surface area contributed by atoms with Gasteiger partial charge in [0.05, 0.1) is 31.0 Å². The number of hydrogen-bond acceptors (Lipinski definition) is 4. The van der Waals surface area contributed by atoms with Gasteiger partial charge in [0.1, 0.15) is 0 Å². The molecule has 0 spiro atoms. The number of hydrogen-bond donors (Lipinski definition) is 3. The van der Waals surface area contributed by atoms with Crippen LogP contribution >= 0.6 is 0 Å². The Labute approximate surface area is 188 Å². The Kier molecular flexibility index (Phi) is 6.33. The van der Waals surface area contributed by atoms with E-state index in [9.17, 15) is 15.3 Å². The van der Waals surface area contributed by atoms with E-state index in [0.717, 1.165) is 25.7 Å². The summed E-state index contributed by atoms with van der Waals surface area (Å²) in [6, 6.07) is 0. The third-order valence-electron chi connectivity index (χ3n) is 9.55. The molecule has 0 amide bonds. The highest BCUT2D eigenvalue weighted by molar-refractivity contribution is 5.43. The van der Waals surface area contributed by atoms with E-state index in [1.54, 1.807) is 0 Å². The zero-order valence-corrected chi connectivity index (χ0v) is 20.0. The van der Waals surface area contributed by atoms with Crippen molar-refractivity contribution in [1.29, 1.82) is 0 Å². The van der Waals surface area contributed by atoms with Crippen LogP contribution < -0.4 is 0 Å². The van der Waals surface area contributed by atoms with Gasteiger partial charge in [-0.3, -0.25) is 0 Å². The van der Waals surface area contributed by atoms with Gasteiger partial charge in [0, 0.05) is 11.8 Å². The van der Waals surface area contributed by atoms with Crippen molar-refractivity contribution in [1.82, 2.24) is 0 Å². The summed E-state index contributed by atoms with van der Waals surface area (Å²) in [5, 5.41) is 31.6. The van der Waals surface area contributed by atoms with Crippen LogP contribution in [0.1, 0.15) is 73.1 Å². The molecular formula is C27H42O4. The predicted molar refractivity (Wildman–Crippen MR) is 123 cm³/mol. The molecule has 0 aromatic rings. The zero-order valence-electron chi connectivity index (χ0n) is 20.0. The highest BCUT2D eigenvalue weighted by atomic mass is 16.5. The van der Waals surface area contributed by atoms with Crippen molar-refractivity contribution in [3.63, 3.8) is 0 Å². The average molecular weight is 431 g/mol. The van der Waals surface area contributed by atoms with Crippen molar-refractivity contribution in [3.8, 4) is 0 Å². The molecule has 0 bridgehead atoms. The molecule has 4 nitrogen and oxygen atoms in total. The Morgan fingerprint density at radius 2 is 1.90 bits per heavy atom. The first kappa shape index (κ1) is 23.2. The first-order valence-corrected chi connectivity index (χ1v) is 12.4. The van der Waals surface area contributed by atoms with Crippen LogP contribution in [0, 0.1) is 28.6 Å². The standard InChI is InChI=1S/C27H42O4/c1-6-16(2)24(29)15-31-17(3)21-9-10-22-20-8-7-18-13-19(28)14-25(30)27(18,5)23(20)11-12-26(21,22)4/h7-9,16-17,19,22-25,28-30H,6,10-15H2,1-5H3/t16?,17-,19+,22-,23-,24+,25-,26+,27-/m0/s1. The second-order valence-electron chi connectivity index (χ2n) is 11.1. The van der Waals surface area contributed by atoms with Crippen LogP contribution in [0.2, 0.25) is 0 Å². The lowest BCUT2D eigenvalue weighted by Gasteiger charge is -2.56. The fourth-order valence-corrected chi connectivity index (χ4v) is 7.07. The van der Waals surface area contributed by atoms with E-state index < -0.39 is 18.3 Å². The smallest absolute Gasteiger partial charge is 0.0799 e. The van der Waals surface area contributed by atoms with Crippen molar-refractivity contribution in [2.45, 2.75) is 97.6 Å². The summed E-state index contributed by atoms with van der Waals surface area (Å²) < 4.78 is 6.18. The largest absolute Gasteiger partial charge is 0.393 e. The Bertz CT molecular complexity index is 782. The summed E-state index contributed by atoms with van der Waals surface area (Å²) in [5.41, 5.74) is 3.90. The lowest BCUT2D eigenvalue weighted by Crippen LogP contribution is -2.52. The molecule has 2 fully saturated rings. The maximum atomic E-state index is 11.0. The van der Waals surface area contributed by atoms with Gasteiger partial charge in [-0.1, -0.05) is 63.5 Å². The van der Waals surface area contributed by atoms with Crippen molar-refractivity contribution >= 4 is 0 Å². The van der Waals surface area contributed by atoms with Gasteiger partial charge in [-0.25, -0.2) is 0 Å². The van der Waals surface area contributed by atoms with Crippen LogP contribution in [0.15, 0.2) is 34.9 Å². The minimum absolute atomic E-state index is 0.00607. The number of aliphatic hydroxyl groups is 3. The molecule has 4 aliphatic rings. The molecule has 31 heavy (non-hydrogen) atoms. The van der Waals surface area contributed by atoms with Crippen LogP contribution in [0.25, 0.3) is 0 Å². The van der Waals surface area contributed by atoms with Crippen LogP contribution in [0.4, 0.5) is 0 Å². The predicted octanol–water partition coefficient (Wildman–Crippen LogP) is 4.55. The van der Waals surface area contributed by atoms with E-state index in [0.29, 0.717) is 31.3 Å². The van der Waals surface area contributed by atoms with E-state index in [1.165, 1.54) is 16.7 Å². The molecule has 4 rings (SSSR count). The van der Waals surface area contributed by atoms with Gasteiger partial charge < -0.3 is 20.1 Å². The first-order valence-electron chi connectivity index (χ1n) is 12.4. The normalized spacial score (nSPS) is 42.4.